The van der Waals surface area contributed by atoms with Crippen LogP contribution in [0.2, 0.25) is 0 Å². The standard InChI is InChI=1S/C31H38N4O2/c1-6-36-29(32)24-11-13-27-26(20-24)28(34-33-27)23-9-8-22-19-25(12-10-21(22)18-23)37-17-16-35-30(2,3)14-7-15-31(35,4)5/h8-13,18-20,32H,6-7,14-17H2,1-5H3,(H,33,34). The van der Waals surface area contributed by atoms with E-state index in [0.717, 1.165) is 50.8 Å². The van der Waals surface area contributed by atoms with Crippen molar-refractivity contribution in [2.24, 2.45) is 0 Å². The van der Waals surface area contributed by atoms with Crippen LogP contribution < -0.4 is 4.74 Å². The first kappa shape index (κ1) is 25.3. The van der Waals surface area contributed by atoms with Gasteiger partial charge in [-0.1, -0.05) is 18.2 Å². The quantitative estimate of drug-likeness (QED) is 0.209. The van der Waals surface area contributed by atoms with Crippen molar-refractivity contribution in [3.8, 4) is 17.0 Å². The molecule has 6 heteroatoms. The SMILES string of the molecule is CCOC(=N)c1ccc2[nH]nc(-c3ccc4cc(OCCN5C(C)(C)CCCC5(C)C)ccc4c3)c2c1. The molecule has 37 heavy (non-hydrogen) atoms. The number of ether oxygens (including phenoxy) is 2. The van der Waals surface area contributed by atoms with Gasteiger partial charge in [-0.25, -0.2) is 0 Å². The zero-order valence-corrected chi connectivity index (χ0v) is 22.6. The van der Waals surface area contributed by atoms with E-state index in [1.54, 1.807) is 0 Å². The van der Waals surface area contributed by atoms with Gasteiger partial charge in [-0.05, 0) is 101 Å². The molecular formula is C31H38N4O2. The molecule has 0 amide bonds. The lowest BCUT2D eigenvalue weighted by molar-refractivity contribution is -0.0340. The maximum absolute atomic E-state index is 8.14. The second-order valence-corrected chi connectivity index (χ2v) is 11.3. The van der Waals surface area contributed by atoms with E-state index >= 15 is 0 Å². The fourth-order valence-corrected chi connectivity index (χ4v) is 5.97. The summed E-state index contributed by atoms with van der Waals surface area (Å²) in [7, 11) is 0. The Hall–Kier alpha value is -3.38. The lowest BCUT2D eigenvalue weighted by Gasteiger charge is -2.53. The van der Waals surface area contributed by atoms with Gasteiger partial charge < -0.3 is 9.47 Å². The second kappa shape index (κ2) is 9.82. The first-order valence-electron chi connectivity index (χ1n) is 13.3. The zero-order valence-electron chi connectivity index (χ0n) is 22.6. The monoisotopic (exact) mass is 498 g/mol. The number of nitrogens with zero attached hydrogens (tertiary/aromatic N) is 2. The van der Waals surface area contributed by atoms with Crippen molar-refractivity contribution in [3.63, 3.8) is 0 Å². The molecule has 0 unspecified atom stereocenters. The van der Waals surface area contributed by atoms with Crippen molar-refractivity contribution < 1.29 is 9.47 Å². The number of hydrogen-bond acceptors (Lipinski definition) is 5. The molecule has 5 rings (SSSR count). The van der Waals surface area contributed by atoms with Crippen LogP contribution in [0, 0.1) is 5.41 Å². The van der Waals surface area contributed by atoms with Crippen LogP contribution in [-0.2, 0) is 4.74 Å². The van der Waals surface area contributed by atoms with Crippen molar-refractivity contribution in [2.75, 3.05) is 19.8 Å². The van der Waals surface area contributed by atoms with E-state index in [9.17, 15) is 0 Å². The fourth-order valence-electron chi connectivity index (χ4n) is 5.97. The van der Waals surface area contributed by atoms with Gasteiger partial charge in [0, 0.05) is 34.1 Å². The van der Waals surface area contributed by atoms with Crippen LogP contribution in [0.15, 0.2) is 54.6 Å². The molecule has 0 radical (unpaired) electrons. The molecule has 1 aliphatic heterocycles. The van der Waals surface area contributed by atoms with Gasteiger partial charge in [0.2, 0.25) is 5.90 Å². The van der Waals surface area contributed by atoms with Crippen molar-refractivity contribution >= 4 is 27.6 Å². The molecule has 1 aliphatic rings. The molecule has 2 heterocycles. The van der Waals surface area contributed by atoms with Gasteiger partial charge in [0.1, 0.15) is 12.4 Å². The predicted molar refractivity (Wildman–Crippen MR) is 152 cm³/mol. The summed E-state index contributed by atoms with van der Waals surface area (Å²) in [5.74, 6) is 1.08. The van der Waals surface area contributed by atoms with Crippen molar-refractivity contribution in [1.29, 1.82) is 5.41 Å². The Bertz CT molecular complexity index is 1420. The average Bonchev–Trinajstić information content (AvgIpc) is 3.28. The maximum atomic E-state index is 8.14. The van der Waals surface area contributed by atoms with Crippen LogP contribution in [0.25, 0.3) is 32.9 Å². The molecule has 3 aromatic carbocycles. The van der Waals surface area contributed by atoms with Gasteiger partial charge in [0.25, 0.3) is 0 Å². The number of fused-ring (bicyclic) bond motifs is 2. The van der Waals surface area contributed by atoms with Gasteiger partial charge in [0.05, 0.1) is 17.8 Å². The van der Waals surface area contributed by atoms with Crippen LogP contribution in [-0.4, -0.2) is 51.8 Å². The predicted octanol–water partition coefficient (Wildman–Crippen LogP) is 7.17. The highest BCUT2D eigenvalue weighted by atomic mass is 16.5. The number of nitrogens with one attached hydrogen (secondary N) is 2. The van der Waals surface area contributed by atoms with Crippen LogP contribution >= 0.6 is 0 Å². The molecular weight excluding hydrogens is 460 g/mol. The first-order valence-corrected chi connectivity index (χ1v) is 13.3. The van der Waals surface area contributed by atoms with Gasteiger partial charge >= 0.3 is 0 Å². The van der Waals surface area contributed by atoms with Crippen LogP contribution in [0.5, 0.6) is 5.75 Å². The van der Waals surface area contributed by atoms with Gasteiger partial charge in [-0.3, -0.25) is 15.4 Å². The number of hydrogen-bond donors (Lipinski definition) is 2. The summed E-state index contributed by atoms with van der Waals surface area (Å²) < 4.78 is 11.6. The number of likely N-dealkylation sites (tertiary alicyclic amines) is 1. The third-order valence-corrected chi connectivity index (χ3v) is 7.82. The average molecular weight is 499 g/mol. The maximum Gasteiger partial charge on any atom is 0.213 e. The summed E-state index contributed by atoms with van der Waals surface area (Å²) in [6.07, 6.45) is 3.75. The van der Waals surface area contributed by atoms with E-state index < -0.39 is 0 Å². The summed E-state index contributed by atoms with van der Waals surface area (Å²) in [4.78, 5) is 2.62. The largest absolute Gasteiger partial charge is 0.492 e. The normalized spacial score (nSPS) is 17.2. The molecule has 2 N–H and O–H groups in total. The lowest BCUT2D eigenvalue weighted by Crippen LogP contribution is -2.59. The summed E-state index contributed by atoms with van der Waals surface area (Å²) >= 11 is 0. The van der Waals surface area contributed by atoms with E-state index in [2.05, 4.69) is 79.2 Å². The first-order chi connectivity index (χ1) is 17.7. The molecule has 1 aromatic heterocycles. The van der Waals surface area contributed by atoms with E-state index in [0.29, 0.717) is 13.2 Å². The second-order valence-electron chi connectivity index (χ2n) is 11.3. The highest BCUT2D eigenvalue weighted by molar-refractivity contribution is 6.01. The Labute approximate surface area is 219 Å². The van der Waals surface area contributed by atoms with E-state index in [-0.39, 0.29) is 17.0 Å². The van der Waals surface area contributed by atoms with Crippen LogP contribution in [0.4, 0.5) is 0 Å². The third kappa shape index (κ3) is 5.08. The highest BCUT2D eigenvalue weighted by Gasteiger charge is 2.40. The smallest absolute Gasteiger partial charge is 0.213 e. The molecule has 0 bridgehead atoms. The van der Waals surface area contributed by atoms with E-state index in [1.165, 1.54) is 19.3 Å². The molecule has 0 saturated carbocycles. The van der Waals surface area contributed by atoms with Gasteiger partial charge in [0.15, 0.2) is 0 Å². The number of aromatic nitrogens is 2. The van der Waals surface area contributed by atoms with E-state index in [1.807, 2.05) is 25.1 Å². The molecule has 0 spiro atoms. The minimum absolute atomic E-state index is 0.176. The van der Waals surface area contributed by atoms with Crippen molar-refractivity contribution in [2.45, 2.75) is 65.0 Å². The lowest BCUT2D eigenvalue weighted by atomic mass is 9.80. The minimum atomic E-state index is 0.176. The number of H-pyrrole nitrogens is 1. The number of rotatable bonds is 7. The minimum Gasteiger partial charge on any atom is -0.492 e. The Morgan fingerprint density at radius 1 is 0.973 bits per heavy atom. The number of aromatic amines is 1. The molecule has 194 valence electrons. The zero-order chi connectivity index (χ0) is 26.2. The molecule has 0 aliphatic carbocycles. The van der Waals surface area contributed by atoms with Crippen molar-refractivity contribution in [3.05, 3.63) is 60.2 Å². The number of benzene rings is 3. The van der Waals surface area contributed by atoms with Gasteiger partial charge in [-0.15, -0.1) is 0 Å². The Morgan fingerprint density at radius 2 is 1.70 bits per heavy atom. The molecule has 6 nitrogen and oxygen atoms in total. The summed E-state index contributed by atoms with van der Waals surface area (Å²) in [6, 6.07) is 18.5. The van der Waals surface area contributed by atoms with Gasteiger partial charge in [-0.2, -0.15) is 5.10 Å². The topological polar surface area (TPSA) is 74.2 Å². The molecule has 0 atom stereocenters. The Morgan fingerprint density at radius 3 is 2.46 bits per heavy atom. The Kier molecular flexibility index (Phi) is 6.71. The van der Waals surface area contributed by atoms with Crippen molar-refractivity contribution in [1.82, 2.24) is 15.1 Å². The molecule has 1 saturated heterocycles. The van der Waals surface area contributed by atoms with E-state index in [4.69, 9.17) is 14.9 Å². The number of piperidine rings is 1. The molecule has 1 fully saturated rings. The summed E-state index contributed by atoms with van der Waals surface area (Å²) in [6.45, 7) is 13.4. The molecule has 4 aromatic rings. The summed E-state index contributed by atoms with van der Waals surface area (Å²) in [5.41, 5.74) is 3.98. The fraction of sp³-hybridized carbons (Fsp3) is 0.419. The third-order valence-electron chi connectivity index (χ3n) is 7.82. The Balaban J connectivity index is 1.33. The van der Waals surface area contributed by atoms with Crippen LogP contribution in [0.3, 0.4) is 0 Å². The summed E-state index contributed by atoms with van der Waals surface area (Å²) in [5, 5.41) is 19.1. The van der Waals surface area contributed by atoms with Crippen LogP contribution in [0.1, 0.15) is 59.4 Å². The highest BCUT2D eigenvalue weighted by Crippen LogP contribution is 2.38.